The van der Waals surface area contributed by atoms with E-state index in [9.17, 15) is 18.7 Å². The Kier molecular flexibility index (Phi) is 3.56. The largest absolute Gasteiger partial charge is 0.504 e. The number of nitrogens with one attached hydrogen (secondary N) is 1. The fourth-order valence-electron chi connectivity index (χ4n) is 1.60. The maximum Gasteiger partial charge on any atom is 0.255 e. The molecule has 2 rings (SSSR count). The van der Waals surface area contributed by atoms with Crippen molar-refractivity contribution >= 4 is 11.6 Å². The van der Waals surface area contributed by atoms with E-state index in [-0.39, 0.29) is 22.6 Å². The summed E-state index contributed by atoms with van der Waals surface area (Å²) in [7, 11) is 0. The highest BCUT2D eigenvalue weighted by Crippen LogP contribution is 2.26. The smallest absolute Gasteiger partial charge is 0.255 e. The lowest BCUT2D eigenvalue weighted by Gasteiger charge is -2.08. The molecule has 0 heterocycles. The highest BCUT2D eigenvalue weighted by Gasteiger charge is 2.13. The molecule has 0 aliphatic heterocycles. The number of carbonyl (C=O) groups excluding carboxylic acids is 1. The third-order valence-electron chi connectivity index (χ3n) is 2.73. The molecule has 4 nitrogen and oxygen atoms in total. The van der Waals surface area contributed by atoms with Crippen molar-refractivity contribution in [2.75, 3.05) is 5.32 Å². The average molecular weight is 279 g/mol. The molecule has 0 aliphatic rings. The summed E-state index contributed by atoms with van der Waals surface area (Å²) in [6, 6.07) is 5.23. The summed E-state index contributed by atoms with van der Waals surface area (Å²) in [6.45, 7) is 1.40. The molecule has 0 saturated carbocycles. The van der Waals surface area contributed by atoms with Crippen molar-refractivity contribution < 1.29 is 23.8 Å². The molecule has 6 heteroatoms. The van der Waals surface area contributed by atoms with Crippen LogP contribution in [0.25, 0.3) is 0 Å². The zero-order valence-electron chi connectivity index (χ0n) is 10.4. The lowest BCUT2D eigenvalue weighted by Crippen LogP contribution is -2.13. The van der Waals surface area contributed by atoms with Crippen molar-refractivity contribution in [3.8, 4) is 11.5 Å². The third-order valence-corrected chi connectivity index (χ3v) is 2.73. The Morgan fingerprint density at radius 3 is 2.40 bits per heavy atom. The number of aromatic hydroxyl groups is 2. The summed E-state index contributed by atoms with van der Waals surface area (Å²) >= 11 is 0. The van der Waals surface area contributed by atoms with E-state index in [0.29, 0.717) is 0 Å². The first kappa shape index (κ1) is 13.8. The summed E-state index contributed by atoms with van der Waals surface area (Å²) in [5.74, 6) is -3.00. The van der Waals surface area contributed by atoms with Gasteiger partial charge in [0.1, 0.15) is 11.6 Å². The van der Waals surface area contributed by atoms with Gasteiger partial charge in [-0.2, -0.15) is 0 Å². The SMILES string of the molecule is Cc1cc(F)c(NC(=O)c2ccc(O)c(O)c2)cc1F. The van der Waals surface area contributed by atoms with Crippen LogP contribution in [0.4, 0.5) is 14.5 Å². The Labute approximate surface area is 113 Å². The Balaban J connectivity index is 2.27. The number of phenolic OH excluding ortho intramolecular Hbond substituents is 2. The molecule has 0 spiro atoms. The third kappa shape index (κ3) is 2.69. The predicted molar refractivity (Wildman–Crippen MR) is 68.8 cm³/mol. The molecule has 0 fully saturated rings. The Morgan fingerprint density at radius 2 is 1.75 bits per heavy atom. The number of phenols is 2. The molecule has 2 aromatic rings. The van der Waals surface area contributed by atoms with Crippen LogP contribution in [0.1, 0.15) is 15.9 Å². The molecule has 0 radical (unpaired) electrons. The summed E-state index contributed by atoms with van der Waals surface area (Å²) in [5.41, 5.74) is -0.172. The number of benzene rings is 2. The van der Waals surface area contributed by atoms with E-state index < -0.39 is 23.3 Å². The van der Waals surface area contributed by atoms with Gasteiger partial charge < -0.3 is 15.5 Å². The van der Waals surface area contributed by atoms with Gasteiger partial charge >= 0.3 is 0 Å². The number of halogens is 2. The van der Waals surface area contributed by atoms with Crippen LogP contribution in [0.15, 0.2) is 30.3 Å². The molecule has 0 aromatic heterocycles. The molecule has 3 N–H and O–H groups in total. The zero-order valence-corrected chi connectivity index (χ0v) is 10.4. The minimum absolute atomic E-state index is 0.000633. The lowest BCUT2D eigenvalue weighted by atomic mass is 10.1. The lowest BCUT2D eigenvalue weighted by molar-refractivity contribution is 0.102. The predicted octanol–water partition coefficient (Wildman–Crippen LogP) is 2.94. The van der Waals surface area contributed by atoms with Crippen molar-refractivity contribution in [2.45, 2.75) is 6.92 Å². The van der Waals surface area contributed by atoms with Crippen LogP contribution in [0, 0.1) is 18.6 Å². The van der Waals surface area contributed by atoms with E-state index in [4.69, 9.17) is 5.11 Å². The van der Waals surface area contributed by atoms with Gasteiger partial charge in [0.15, 0.2) is 11.5 Å². The van der Waals surface area contributed by atoms with E-state index in [2.05, 4.69) is 5.32 Å². The first-order chi connectivity index (χ1) is 9.38. The summed E-state index contributed by atoms with van der Waals surface area (Å²) in [5, 5.41) is 20.6. The Morgan fingerprint density at radius 1 is 1.05 bits per heavy atom. The number of hydrogen-bond acceptors (Lipinski definition) is 3. The Bertz CT molecular complexity index is 686. The number of carbonyl (C=O) groups is 1. The maximum atomic E-state index is 13.6. The number of anilines is 1. The number of rotatable bonds is 2. The van der Waals surface area contributed by atoms with Gasteiger partial charge in [-0.3, -0.25) is 4.79 Å². The van der Waals surface area contributed by atoms with E-state index in [1.165, 1.54) is 13.0 Å². The molecule has 20 heavy (non-hydrogen) atoms. The summed E-state index contributed by atoms with van der Waals surface area (Å²) < 4.78 is 26.9. The molecule has 0 bridgehead atoms. The van der Waals surface area contributed by atoms with Crippen LogP contribution in [0.5, 0.6) is 11.5 Å². The van der Waals surface area contributed by atoms with Gasteiger partial charge in [-0.25, -0.2) is 8.78 Å². The molecule has 0 unspecified atom stereocenters. The first-order valence-corrected chi connectivity index (χ1v) is 5.67. The van der Waals surface area contributed by atoms with Gasteiger partial charge in [0.2, 0.25) is 0 Å². The van der Waals surface area contributed by atoms with Crippen molar-refractivity contribution in [1.82, 2.24) is 0 Å². The topological polar surface area (TPSA) is 69.6 Å². The normalized spacial score (nSPS) is 10.3. The standard InChI is InChI=1S/C14H11F2NO3/c1-7-4-10(16)11(6-9(7)15)17-14(20)8-2-3-12(18)13(19)5-8/h2-6,18-19H,1H3,(H,17,20). The van der Waals surface area contributed by atoms with Gasteiger partial charge in [-0.05, 0) is 36.8 Å². The van der Waals surface area contributed by atoms with E-state index in [0.717, 1.165) is 24.3 Å². The van der Waals surface area contributed by atoms with E-state index in [1.54, 1.807) is 0 Å². The second-order valence-corrected chi connectivity index (χ2v) is 4.24. The number of aryl methyl sites for hydroxylation is 1. The molecule has 0 aliphatic carbocycles. The molecular formula is C14H11F2NO3. The van der Waals surface area contributed by atoms with Crippen LogP contribution in [-0.4, -0.2) is 16.1 Å². The highest BCUT2D eigenvalue weighted by molar-refractivity contribution is 6.04. The molecule has 0 atom stereocenters. The number of hydrogen-bond donors (Lipinski definition) is 3. The van der Waals surface area contributed by atoms with Crippen molar-refractivity contribution in [3.05, 3.63) is 53.1 Å². The second kappa shape index (κ2) is 5.16. The first-order valence-electron chi connectivity index (χ1n) is 5.67. The summed E-state index contributed by atoms with van der Waals surface area (Å²) in [4.78, 5) is 11.8. The van der Waals surface area contributed by atoms with Crippen LogP contribution >= 0.6 is 0 Å². The zero-order chi connectivity index (χ0) is 14.9. The van der Waals surface area contributed by atoms with Crippen LogP contribution in [0.2, 0.25) is 0 Å². The molecular weight excluding hydrogens is 268 g/mol. The van der Waals surface area contributed by atoms with Crippen LogP contribution in [0.3, 0.4) is 0 Å². The van der Waals surface area contributed by atoms with Crippen LogP contribution in [-0.2, 0) is 0 Å². The van der Waals surface area contributed by atoms with E-state index in [1.807, 2.05) is 0 Å². The molecule has 1 amide bonds. The Hall–Kier alpha value is -2.63. The van der Waals surface area contributed by atoms with Gasteiger partial charge in [0, 0.05) is 11.6 Å². The maximum absolute atomic E-state index is 13.6. The van der Waals surface area contributed by atoms with Crippen molar-refractivity contribution in [1.29, 1.82) is 0 Å². The second-order valence-electron chi connectivity index (χ2n) is 4.24. The fourth-order valence-corrected chi connectivity index (χ4v) is 1.60. The van der Waals surface area contributed by atoms with Crippen molar-refractivity contribution in [2.24, 2.45) is 0 Å². The quantitative estimate of drug-likeness (QED) is 0.740. The van der Waals surface area contributed by atoms with Gasteiger partial charge in [-0.15, -0.1) is 0 Å². The monoisotopic (exact) mass is 279 g/mol. The van der Waals surface area contributed by atoms with Crippen LogP contribution < -0.4 is 5.32 Å². The molecule has 0 saturated heterocycles. The highest BCUT2D eigenvalue weighted by atomic mass is 19.1. The molecule has 2 aromatic carbocycles. The van der Waals surface area contributed by atoms with Gasteiger partial charge in [0.05, 0.1) is 5.69 Å². The average Bonchev–Trinajstić information content (AvgIpc) is 2.39. The number of amides is 1. The molecule has 104 valence electrons. The van der Waals surface area contributed by atoms with Gasteiger partial charge in [0.25, 0.3) is 5.91 Å². The van der Waals surface area contributed by atoms with E-state index >= 15 is 0 Å². The summed E-state index contributed by atoms with van der Waals surface area (Å²) in [6.07, 6.45) is 0. The fraction of sp³-hybridized carbons (Fsp3) is 0.0714. The minimum atomic E-state index is -0.764. The minimum Gasteiger partial charge on any atom is -0.504 e. The van der Waals surface area contributed by atoms with Crippen molar-refractivity contribution in [3.63, 3.8) is 0 Å². The van der Waals surface area contributed by atoms with Gasteiger partial charge in [-0.1, -0.05) is 0 Å².